The van der Waals surface area contributed by atoms with Gasteiger partial charge in [0.25, 0.3) is 0 Å². The number of ether oxygens (including phenoxy) is 2. The van der Waals surface area contributed by atoms with Crippen LogP contribution in [0, 0.1) is 5.41 Å². The van der Waals surface area contributed by atoms with Gasteiger partial charge >= 0.3 is 5.97 Å². The van der Waals surface area contributed by atoms with E-state index in [4.69, 9.17) is 9.47 Å². The first-order chi connectivity index (χ1) is 9.56. The first-order valence-corrected chi connectivity index (χ1v) is 8.41. The van der Waals surface area contributed by atoms with E-state index in [0.29, 0.717) is 6.61 Å². The van der Waals surface area contributed by atoms with E-state index in [1.807, 2.05) is 41.5 Å². The van der Waals surface area contributed by atoms with Crippen LogP contribution in [0.4, 0.5) is 0 Å². The lowest BCUT2D eigenvalue weighted by Crippen LogP contribution is -2.33. The van der Waals surface area contributed by atoms with Gasteiger partial charge in [0.05, 0.1) is 17.1 Å². The van der Waals surface area contributed by atoms with Crippen molar-refractivity contribution in [3.05, 3.63) is 0 Å². The van der Waals surface area contributed by atoms with Crippen LogP contribution in [0.25, 0.3) is 0 Å². The fourth-order valence-corrected chi connectivity index (χ4v) is 2.04. The molecule has 0 spiro atoms. The lowest BCUT2D eigenvalue weighted by atomic mass is 9.97. The molecule has 0 radical (unpaired) electrons. The summed E-state index contributed by atoms with van der Waals surface area (Å²) in [5.74, 6) is -0.156. The average molecular weight is 300 g/mol. The van der Waals surface area contributed by atoms with Crippen LogP contribution in [0.2, 0.25) is 0 Å². The molecule has 3 heteroatoms. The van der Waals surface area contributed by atoms with E-state index < -0.39 is 5.41 Å². The molecule has 0 aromatic carbocycles. The Bertz CT molecular complexity index is 284. The average Bonchev–Trinajstić information content (AvgIpc) is 2.32. The van der Waals surface area contributed by atoms with Crippen LogP contribution in [0.5, 0.6) is 0 Å². The molecule has 0 saturated heterocycles. The lowest BCUT2D eigenvalue weighted by Gasteiger charge is -2.28. The van der Waals surface area contributed by atoms with Crippen molar-refractivity contribution in [1.82, 2.24) is 0 Å². The number of carbonyl (C=O) groups is 1. The van der Waals surface area contributed by atoms with Crippen LogP contribution in [0.1, 0.15) is 87.0 Å². The number of carbonyl (C=O) groups excluding carboxylic acids is 1. The van der Waals surface area contributed by atoms with E-state index in [1.54, 1.807) is 0 Å². The molecule has 1 atom stereocenters. The van der Waals surface area contributed by atoms with E-state index in [0.717, 1.165) is 12.8 Å². The maximum atomic E-state index is 11.9. The zero-order valence-electron chi connectivity index (χ0n) is 15.3. The predicted molar refractivity (Wildman–Crippen MR) is 88.4 cm³/mol. The molecule has 0 N–H and O–H groups in total. The van der Waals surface area contributed by atoms with E-state index in [1.165, 1.54) is 25.7 Å². The van der Waals surface area contributed by atoms with Crippen molar-refractivity contribution in [2.45, 2.75) is 98.7 Å². The third-order valence-corrected chi connectivity index (χ3v) is 3.16. The van der Waals surface area contributed by atoms with Gasteiger partial charge in [0, 0.05) is 0 Å². The standard InChI is InChI=1S/C18H36O3/c1-8-9-10-11-12-13-15(21-18(5,6)7)14-20-16(19)17(2,3)4/h15H,8-14H2,1-7H3. The Balaban J connectivity index is 4.24. The van der Waals surface area contributed by atoms with Gasteiger partial charge in [-0.2, -0.15) is 0 Å². The molecule has 3 nitrogen and oxygen atoms in total. The fraction of sp³-hybridized carbons (Fsp3) is 0.944. The number of rotatable bonds is 9. The molecule has 0 aliphatic rings. The fourth-order valence-electron chi connectivity index (χ4n) is 2.04. The summed E-state index contributed by atoms with van der Waals surface area (Å²) < 4.78 is 11.5. The summed E-state index contributed by atoms with van der Waals surface area (Å²) in [7, 11) is 0. The van der Waals surface area contributed by atoms with Gasteiger partial charge in [-0.25, -0.2) is 0 Å². The third-order valence-electron chi connectivity index (χ3n) is 3.16. The van der Waals surface area contributed by atoms with Crippen molar-refractivity contribution < 1.29 is 14.3 Å². The van der Waals surface area contributed by atoms with Gasteiger partial charge < -0.3 is 9.47 Å². The van der Waals surface area contributed by atoms with E-state index in [2.05, 4.69) is 6.92 Å². The van der Waals surface area contributed by atoms with Gasteiger partial charge in [-0.05, 0) is 48.0 Å². The van der Waals surface area contributed by atoms with Crippen molar-refractivity contribution in [3.8, 4) is 0 Å². The SMILES string of the molecule is CCCCCCCC(COC(=O)C(C)(C)C)OC(C)(C)C. The molecule has 0 heterocycles. The lowest BCUT2D eigenvalue weighted by molar-refractivity contribution is -0.161. The number of unbranched alkanes of at least 4 members (excludes halogenated alkanes) is 4. The second-order valence-corrected chi connectivity index (χ2v) is 7.90. The van der Waals surface area contributed by atoms with Crippen LogP contribution in [-0.2, 0) is 14.3 Å². The molecule has 0 aromatic heterocycles. The molecule has 0 amide bonds. The second-order valence-electron chi connectivity index (χ2n) is 7.90. The Morgan fingerprint density at radius 3 is 2.00 bits per heavy atom. The van der Waals surface area contributed by atoms with Crippen molar-refractivity contribution in [1.29, 1.82) is 0 Å². The monoisotopic (exact) mass is 300 g/mol. The van der Waals surface area contributed by atoms with Crippen molar-refractivity contribution in [2.75, 3.05) is 6.61 Å². The second kappa shape index (κ2) is 9.45. The Morgan fingerprint density at radius 1 is 0.952 bits per heavy atom. The molecule has 0 aliphatic carbocycles. The maximum Gasteiger partial charge on any atom is 0.311 e. The quantitative estimate of drug-likeness (QED) is 0.438. The van der Waals surface area contributed by atoms with E-state index >= 15 is 0 Å². The minimum absolute atomic E-state index is 0.00192. The summed E-state index contributed by atoms with van der Waals surface area (Å²) in [5.41, 5.74) is -0.657. The zero-order valence-corrected chi connectivity index (χ0v) is 15.3. The molecule has 1 unspecified atom stereocenters. The smallest absolute Gasteiger partial charge is 0.311 e. The van der Waals surface area contributed by atoms with Crippen LogP contribution < -0.4 is 0 Å². The van der Waals surface area contributed by atoms with Gasteiger partial charge in [0.15, 0.2) is 0 Å². The van der Waals surface area contributed by atoms with Crippen LogP contribution in [-0.4, -0.2) is 24.3 Å². The molecule has 0 bridgehead atoms. The highest BCUT2D eigenvalue weighted by Crippen LogP contribution is 2.19. The topological polar surface area (TPSA) is 35.5 Å². The third kappa shape index (κ3) is 11.7. The molecule has 0 aromatic rings. The van der Waals surface area contributed by atoms with Crippen LogP contribution in [0.3, 0.4) is 0 Å². The van der Waals surface area contributed by atoms with Gasteiger partial charge in [0.2, 0.25) is 0 Å². The number of esters is 1. The van der Waals surface area contributed by atoms with Crippen molar-refractivity contribution in [3.63, 3.8) is 0 Å². The first-order valence-electron chi connectivity index (χ1n) is 8.41. The molecule has 126 valence electrons. The zero-order chi connectivity index (χ0) is 16.5. The minimum Gasteiger partial charge on any atom is -0.463 e. The normalized spacial score (nSPS) is 14.0. The minimum atomic E-state index is -0.451. The summed E-state index contributed by atoms with van der Waals surface area (Å²) >= 11 is 0. The van der Waals surface area contributed by atoms with Gasteiger partial charge in [-0.3, -0.25) is 4.79 Å². The summed E-state index contributed by atoms with van der Waals surface area (Å²) in [6, 6.07) is 0. The molecule has 21 heavy (non-hydrogen) atoms. The molecule has 0 fully saturated rings. The molecule has 0 saturated carbocycles. The summed E-state index contributed by atoms with van der Waals surface area (Å²) in [4.78, 5) is 11.9. The van der Waals surface area contributed by atoms with Gasteiger partial charge in [0.1, 0.15) is 6.61 Å². The Labute approximate surface area is 131 Å². The highest BCUT2D eigenvalue weighted by atomic mass is 16.6. The van der Waals surface area contributed by atoms with Crippen LogP contribution in [0.15, 0.2) is 0 Å². The van der Waals surface area contributed by atoms with E-state index in [9.17, 15) is 4.79 Å². The highest BCUT2D eigenvalue weighted by molar-refractivity contribution is 5.75. The largest absolute Gasteiger partial charge is 0.463 e. The summed E-state index contributed by atoms with van der Waals surface area (Å²) in [6.45, 7) is 14.3. The van der Waals surface area contributed by atoms with Gasteiger partial charge in [-0.1, -0.05) is 39.0 Å². The predicted octanol–water partition coefficient (Wildman–Crippen LogP) is 5.12. The maximum absolute atomic E-state index is 11.9. The Hall–Kier alpha value is -0.570. The van der Waals surface area contributed by atoms with Crippen molar-refractivity contribution >= 4 is 5.97 Å². The number of hydrogen-bond donors (Lipinski definition) is 0. The molecular formula is C18H36O3. The summed E-state index contributed by atoms with van der Waals surface area (Å²) in [6.07, 6.45) is 7.14. The van der Waals surface area contributed by atoms with Gasteiger partial charge in [-0.15, -0.1) is 0 Å². The molecule has 0 rings (SSSR count). The Morgan fingerprint density at radius 2 is 1.52 bits per heavy atom. The first kappa shape index (κ1) is 20.4. The highest BCUT2D eigenvalue weighted by Gasteiger charge is 2.25. The number of hydrogen-bond acceptors (Lipinski definition) is 3. The van der Waals surface area contributed by atoms with E-state index in [-0.39, 0.29) is 17.7 Å². The molecular weight excluding hydrogens is 264 g/mol. The molecule has 0 aliphatic heterocycles. The summed E-state index contributed by atoms with van der Waals surface area (Å²) in [5, 5.41) is 0. The van der Waals surface area contributed by atoms with Crippen LogP contribution >= 0.6 is 0 Å². The van der Waals surface area contributed by atoms with Crippen molar-refractivity contribution in [2.24, 2.45) is 5.41 Å². The Kier molecular flexibility index (Phi) is 9.19.